The zero-order valence-electron chi connectivity index (χ0n) is 5.02. The summed E-state index contributed by atoms with van der Waals surface area (Å²) in [6.07, 6.45) is 3.33. The predicted octanol–water partition coefficient (Wildman–Crippen LogP) is 2.00. The number of rotatable bonds is 2. The van der Waals surface area contributed by atoms with E-state index in [1.165, 1.54) is 12.2 Å². The molecule has 0 amide bonds. The molecule has 1 rings (SSSR count). The van der Waals surface area contributed by atoms with Crippen LogP contribution < -0.4 is 0 Å². The summed E-state index contributed by atoms with van der Waals surface area (Å²) < 4.78 is 5.23. The molecule has 0 aliphatic carbocycles. The number of thioether (sulfide) groups is 1. The topological polar surface area (TPSA) is 9.23 Å². The van der Waals surface area contributed by atoms with Gasteiger partial charge in [0, 0.05) is 5.75 Å². The normalized spacial score (nSPS) is 18.4. The van der Waals surface area contributed by atoms with Gasteiger partial charge in [-0.15, -0.1) is 0 Å². The molecule has 0 saturated carbocycles. The third-order valence-corrected chi connectivity index (χ3v) is 1.97. The van der Waals surface area contributed by atoms with Crippen LogP contribution in [0.5, 0.6) is 0 Å². The average Bonchev–Trinajstić information content (AvgIpc) is 2.19. The van der Waals surface area contributed by atoms with Gasteiger partial charge in [0.1, 0.15) is 5.09 Å². The van der Waals surface area contributed by atoms with E-state index in [-0.39, 0.29) is 0 Å². The molecule has 1 aliphatic heterocycles. The molecule has 46 valence electrons. The fourth-order valence-electron chi connectivity index (χ4n) is 0.638. The van der Waals surface area contributed by atoms with Crippen LogP contribution in [0.2, 0.25) is 0 Å². The first-order valence-corrected chi connectivity index (χ1v) is 3.88. The fraction of sp³-hybridized carbons (Fsp3) is 0.667. The van der Waals surface area contributed by atoms with Gasteiger partial charge in [0.15, 0.2) is 0 Å². The number of hydrogen-bond acceptors (Lipinski definition) is 2. The van der Waals surface area contributed by atoms with Gasteiger partial charge in [0.2, 0.25) is 0 Å². The van der Waals surface area contributed by atoms with Crippen molar-refractivity contribution in [1.82, 2.24) is 0 Å². The molecule has 0 fully saturated rings. The van der Waals surface area contributed by atoms with Crippen molar-refractivity contribution in [3.8, 4) is 0 Å². The highest BCUT2D eigenvalue weighted by atomic mass is 32.2. The molecule has 1 aliphatic rings. The molecule has 0 aromatic carbocycles. The Bertz CT molecular complexity index is 98.7. The third kappa shape index (κ3) is 1.44. The van der Waals surface area contributed by atoms with E-state index in [2.05, 4.69) is 6.08 Å². The lowest BCUT2D eigenvalue weighted by atomic mass is 10.5. The van der Waals surface area contributed by atoms with Crippen molar-refractivity contribution in [2.24, 2.45) is 0 Å². The Morgan fingerprint density at radius 1 is 1.88 bits per heavy atom. The molecule has 0 spiro atoms. The molecular weight excluding hydrogens is 120 g/mol. The Morgan fingerprint density at radius 2 is 2.75 bits per heavy atom. The van der Waals surface area contributed by atoms with E-state index in [0.29, 0.717) is 0 Å². The van der Waals surface area contributed by atoms with Gasteiger partial charge in [-0.25, -0.2) is 0 Å². The lowest BCUT2D eigenvalue weighted by Gasteiger charge is -1.99. The smallest absolute Gasteiger partial charge is 0.149 e. The van der Waals surface area contributed by atoms with Crippen molar-refractivity contribution in [3.63, 3.8) is 0 Å². The minimum Gasteiger partial charge on any atom is -0.488 e. The average molecular weight is 130 g/mol. The lowest BCUT2D eigenvalue weighted by molar-refractivity contribution is 0.258. The maximum absolute atomic E-state index is 5.23. The molecular formula is C6H10OS. The minimum atomic E-state index is 0.804. The summed E-state index contributed by atoms with van der Waals surface area (Å²) in [7, 11) is 0. The van der Waals surface area contributed by atoms with E-state index in [1.54, 1.807) is 11.8 Å². The molecule has 0 atom stereocenters. The van der Waals surface area contributed by atoms with E-state index in [4.69, 9.17) is 4.74 Å². The van der Waals surface area contributed by atoms with Crippen molar-refractivity contribution in [3.05, 3.63) is 11.2 Å². The van der Waals surface area contributed by atoms with E-state index in [1.807, 2.05) is 6.92 Å². The van der Waals surface area contributed by atoms with Crippen LogP contribution in [0.15, 0.2) is 11.2 Å². The second-order valence-electron chi connectivity index (χ2n) is 1.59. The first-order chi connectivity index (χ1) is 3.93. The van der Waals surface area contributed by atoms with Crippen molar-refractivity contribution >= 4 is 11.8 Å². The zero-order valence-corrected chi connectivity index (χ0v) is 5.83. The summed E-state index contributed by atoms with van der Waals surface area (Å²) in [6, 6.07) is 0. The molecule has 0 aromatic heterocycles. The van der Waals surface area contributed by atoms with Crippen LogP contribution in [-0.2, 0) is 4.74 Å². The molecule has 0 N–H and O–H groups in total. The molecule has 0 aromatic rings. The summed E-state index contributed by atoms with van der Waals surface area (Å²) in [5, 5.41) is 1.12. The largest absolute Gasteiger partial charge is 0.488 e. The van der Waals surface area contributed by atoms with Crippen molar-refractivity contribution in [2.75, 3.05) is 12.4 Å². The predicted molar refractivity (Wildman–Crippen MR) is 36.8 cm³/mol. The van der Waals surface area contributed by atoms with Crippen LogP contribution >= 0.6 is 11.8 Å². The van der Waals surface area contributed by atoms with Gasteiger partial charge in [-0.2, -0.15) is 0 Å². The standard InChI is InChI=1S/C6H10OS/c1-2-7-6-4-3-5-8-6/h4H,2-3,5H2,1H3. The van der Waals surface area contributed by atoms with E-state index in [0.717, 1.165) is 11.7 Å². The maximum atomic E-state index is 5.23. The Hall–Kier alpha value is -0.110. The minimum absolute atomic E-state index is 0.804. The fourth-order valence-corrected chi connectivity index (χ4v) is 1.51. The molecule has 1 nitrogen and oxygen atoms in total. The first kappa shape index (κ1) is 6.02. The highest BCUT2D eigenvalue weighted by Crippen LogP contribution is 2.24. The third-order valence-electron chi connectivity index (χ3n) is 0.960. The van der Waals surface area contributed by atoms with Crippen LogP contribution in [0.25, 0.3) is 0 Å². The molecule has 0 radical (unpaired) electrons. The highest BCUT2D eigenvalue weighted by Gasteiger charge is 2.03. The van der Waals surface area contributed by atoms with Gasteiger partial charge in [-0.1, -0.05) is 11.8 Å². The van der Waals surface area contributed by atoms with Crippen molar-refractivity contribution in [1.29, 1.82) is 0 Å². The van der Waals surface area contributed by atoms with Gasteiger partial charge in [-0.05, 0) is 19.4 Å². The lowest BCUT2D eigenvalue weighted by Crippen LogP contribution is -1.82. The van der Waals surface area contributed by atoms with Crippen LogP contribution in [0.4, 0.5) is 0 Å². The van der Waals surface area contributed by atoms with E-state index < -0.39 is 0 Å². The van der Waals surface area contributed by atoms with Gasteiger partial charge in [0.05, 0.1) is 6.61 Å². The molecule has 1 heterocycles. The van der Waals surface area contributed by atoms with Gasteiger partial charge < -0.3 is 4.74 Å². The zero-order chi connectivity index (χ0) is 5.82. The summed E-state index contributed by atoms with van der Waals surface area (Å²) in [5.74, 6) is 1.20. The van der Waals surface area contributed by atoms with Gasteiger partial charge >= 0.3 is 0 Å². The van der Waals surface area contributed by atoms with Gasteiger partial charge in [-0.3, -0.25) is 0 Å². The summed E-state index contributed by atoms with van der Waals surface area (Å²) in [5.41, 5.74) is 0. The number of ether oxygens (including phenoxy) is 1. The van der Waals surface area contributed by atoms with Crippen LogP contribution in [0.1, 0.15) is 13.3 Å². The maximum Gasteiger partial charge on any atom is 0.149 e. The second-order valence-corrected chi connectivity index (χ2v) is 2.69. The molecule has 0 bridgehead atoms. The molecule has 2 heteroatoms. The van der Waals surface area contributed by atoms with Crippen LogP contribution in [0, 0.1) is 0 Å². The highest BCUT2D eigenvalue weighted by molar-refractivity contribution is 8.03. The van der Waals surface area contributed by atoms with E-state index >= 15 is 0 Å². The SMILES string of the molecule is CCOC1=CCCS1. The summed E-state index contributed by atoms with van der Waals surface area (Å²) in [4.78, 5) is 0. The van der Waals surface area contributed by atoms with Crippen molar-refractivity contribution in [2.45, 2.75) is 13.3 Å². The Kier molecular flexibility index (Phi) is 2.27. The van der Waals surface area contributed by atoms with Crippen LogP contribution in [-0.4, -0.2) is 12.4 Å². The van der Waals surface area contributed by atoms with E-state index in [9.17, 15) is 0 Å². The van der Waals surface area contributed by atoms with Gasteiger partial charge in [0.25, 0.3) is 0 Å². The first-order valence-electron chi connectivity index (χ1n) is 2.89. The second kappa shape index (κ2) is 3.02. The van der Waals surface area contributed by atoms with Crippen molar-refractivity contribution < 1.29 is 4.74 Å². The molecule has 0 saturated heterocycles. The number of allylic oxidation sites excluding steroid dienone is 1. The summed E-state index contributed by atoms with van der Waals surface area (Å²) in [6.45, 7) is 2.82. The molecule has 0 unspecified atom stereocenters. The quantitative estimate of drug-likeness (QED) is 0.565. The monoisotopic (exact) mass is 130 g/mol. The Morgan fingerprint density at radius 3 is 3.25 bits per heavy atom. The Balaban J connectivity index is 2.23. The van der Waals surface area contributed by atoms with Crippen LogP contribution in [0.3, 0.4) is 0 Å². The Labute approximate surface area is 54.1 Å². The number of hydrogen-bond donors (Lipinski definition) is 0. The molecule has 8 heavy (non-hydrogen) atoms. The summed E-state index contributed by atoms with van der Waals surface area (Å²) >= 11 is 1.81.